The lowest BCUT2D eigenvalue weighted by Gasteiger charge is -2.04. The van der Waals surface area contributed by atoms with Crippen LogP contribution in [0.15, 0.2) is 60.8 Å². The van der Waals surface area contributed by atoms with E-state index >= 15 is 0 Å². The minimum absolute atomic E-state index is 0.145. The Bertz CT molecular complexity index is 498. The Morgan fingerprint density at radius 1 is 0.926 bits per heavy atom. The number of allylic oxidation sites excluding steroid dienone is 9. The van der Waals surface area contributed by atoms with E-state index in [4.69, 9.17) is 5.11 Å². The highest BCUT2D eigenvalue weighted by Gasteiger charge is 1.99. The summed E-state index contributed by atoms with van der Waals surface area (Å²) in [4.78, 5) is 10.4. The van der Waals surface area contributed by atoms with E-state index in [1.165, 1.54) is 6.42 Å². The number of carboxylic acids is 1. The van der Waals surface area contributed by atoms with E-state index in [9.17, 15) is 9.90 Å². The molecule has 3 heteroatoms. The normalized spacial score (nSPS) is 15.1. The second-order valence-corrected chi connectivity index (χ2v) is 6.89. The van der Waals surface area contributed by atoms with Crippen LogP contribution in [0, 0.1) is 11.8 Å². The zero-order valence-corrected chi connectivity index (χ0v) is 17.1. The van der Waals surface area contributed by atoms with E-state index in [2.05, 4.69) is 56.4 Å². The standard InChI is InChI=1S/C24H38O3/c1-3-22(2)17-13-9-5-4-6-10-14-18-23(21-25)19-15-11-7-8-12-16-20-24(26)27/h5-6,9-11,13-15,17-18,22-23,25H,3-4,7-8,12,16,19-21H2,1-2H3,(H,26,27)/b9-5-,10-6-,15-11-,17-13+,18-14-. The molecule has 0 aliphatic rings. The first-order chi connectivity index (χ1) is 13.1. The van der Waals surface area contributed by atoms with Crippen molar-refractivity contribution in [3.05, 3.63) is 60.8 Å². The lowest BCUT2D eigenvalue weighted by Crippen LogP contribution is -2.00. The van der Waals surface area contributed by atoms with Crippen molar-refractivity contribution < 1.29 is 15.0 Å². The van der Waals surface area contributed by atoms with Gasteiger partial charge in [0, 0.05) is 18.9 Å². The van der Waals surface area contributed by atoms with E-state index in [-0.39, 0.29) is 18.9 Å². The van der Waals surface area contributed by atoms with Gasteiger partial charge in [0.25, 0.3) is 0 Å². The van der Waals surface area contributed by atoms with Crippen molar-refractivity contribution in [3.63, 3.8) is 0 Å². The molecule has 0 saturated heterocycles. The molecular weight excluding hydrogens is 336 g/mol. The van der Waals surface area contributed by atoms with Crippen molar-refractivity contribution in [1.82, 2.24) is 0 Å². The summed E-state index contributed by atoms with van der Waals surface area (Å²) in [6.45, 7) is 4.55. The van der Waals surface area contributed by atoms with E-state index in [1.54, 1.807) is 0 Å². The van der Waals surface area contributed by atoms with Crippen LogP contribution in [0.5, 0.6) is 0 Å². The molecule has 0 aliphatic heterocycles. The van der Waals surface area contributed by atoms with Crippen molar-refractivity contribution in [2.75, 3.05) is 6.61 Å². The molecule has 0 saturated carbocycles. The molecule has 0 rings (SSSR count). The average Bonchev–Trinajstić information content (AvgIpc) is 2.66. The third-order valence-electron chi connectivity index (χ3n) is 4.33. The van der Waals surface area contributed by atoms with Gasteiger partial charge in [0.05, 0.1) is 0 Å². The molecule has 0 heterocycles. The Kier molecular flexibility index (Phi) is 17.6. The molecule has 0 bridgehead atoms. The summed E-state index contributed by atoms with van der Waals surface area (Å²) in [5.74, 6) is 0.0630. The van der Waals surface area contributed by atoms with Crippen molar-refractivity contribution in [3.8, 4) is 0 Å². The van der Waals surface area contributed by atoms with Crippen LogP contribution in [0.2, 0.25) is 0 Å². The number of aliphatic hydroxyl groups excluding tert-OH is 1. The first kappa shape index (κ1) is 25.1. The van der Waals surface area contributed by atoms with E-state index in [0.29, 0.717) is 5.92 Å². The molecule has 0 amide bonds. The summed E-state index contributed by atoms with van der Waals surface area (Å²) in [6, 6.07) is 0. The minimum Gasteiger partial charge on any atom is -0.481 e. The zero-order valence-electron chi connectivity index (χ0n) is 17.1. The van der Waals surface area contributed by atoms with Crippen LogP contribution in [0.1, 0.15) is 65.2 Å². The molecule has 2 N–H and O–H groups in total. The second-order valence-electron chi connectivity index (χ2n) is 6.89. The summed E-state index contributed by atoms with van der Waals surface area (Å²) in [7, 11) is 0. The van der Waals surface area contributed by atoms with Gasteiger partial charge >= 0.3 is 5.97 Å². The number of rotatable bonds is 16. The fourth-order valence-corrected chi connectivity index (χ4v) is 2.32. The first-order valence-electron chi connectivity index (χ1n) is 10.2. The Balaban J connectivity index is 3.88. The van der Waals surface area contributed by atoms with Crippen LogP contribution >= 0.6 is 0 Å². The molecule has 2 atom stereocenters. The van der Waals surface area contributed by atoms with E-state index in [0.717, 1.165) is 38.5 Å². The van der Waals surface area contributed by atoms with E-state index in [1.807, 2.05) is 18.2 Å². The van der Waals surface area contributed by atoms with Gasteiger partial charge in [-0.15, -0.1) is 0 Å². The van der Waals surface area contributed by atoms with Gasteiger partial charge in [0.1, 0.15) is 0 Å². The lowest BCUT2D eigenvalue weighted by molar-refractivity contribution is -0.137. The van der Waals surface area contributed by atoms with Crippen molar-refractivity contribution in [2.24, 2.45) is 11.8 Å². The highest BCUT2D eigenvalue weighted by molar-refractivity contribution is 5.66. The predicted molar refractivity (Wildman–Crippen MR) is 116 cm³/mol. The largest absolute Gasteiger partial charge is 0.481 e. The third kappa shape index (κ3) is 18.7. The molecule has 0 aliphatic carbocycles. The van der Waals surface area contributed by atoms with Gasteiger partial charge in [0.15, 0.2) is 0 Å². The number of aliphatic hydroxyl groups is 1. The molecule has 27 heavy (non-hydrogen) atoms. The molecule has 0 aromatic heterocycles. The number of carboxylic acid groups (broad SMARTS) is 1. The van der Waals surface area contributed by atoms with Crippen molar-refractivity contribution in [2.45, 2.75) is 65.2 Å². The maximum Gasteiger partial charge on any atom is 0.303 e. The summed E-state index contributed by atoms with van der Waals surface area (Å²) in [5.41, 5.74) is 0. The number of hydrogen-bond acceptors (Lipinski definition) is 2. The average molecular weight is 375 g/mol. The number of hydrogen-bond donors (Lipinski definition) is 2. The molecule has 0 radical (unpaired) electrons. The molecule has 3 nitrogen and oxygen atoms in total. The fraction of sp³-hybridized carbons (Fsp3) is 0.542. The Morgan fingerprint density at radius 2 is 1.63 bits per heavy atom. The second kappa shape index (κ2) is 18.9. The summed E-state index contributed by atoms with van der Waals surface area (Å²) in [6.07, 6.45) is 27.8. The van der Waals surface area contributed by atoms with Gasteiger partial charge < -0.3 is 10.2 Å². The molecule has 2 unspecified atom stereocenters. The smallest absolute Gasteiger partial charge is 0.303 e. The van der Waals surface area contributed by atoms with Gasteiger partial charge in [-0.25, -0.2) is 0 Å². The Morgan fingerprint density at radius 3 is 2.26 bits per heavy atom. The molecule has 0 aromatic rings. The quantitative estimate of drug-likeness (QED) is 0.191. The van der Waals surface area contributed by atoms with Crippen LogP contribution in [0.4, 0.5) is 0 Å². The van der Waals surface area contributed by atoms with Gasteiger partial charge in [-0.1, -0.05) is 87.4 Å². The first-order valence-corrected chi connectivity index (χ1v) is 10.2. The third-order valence-corrected chi connectivity index (χ3v) is 4.33. The number of unbranched alkanes of at least 4 members (excludes halogenated alkanes) is 3. The van der Waals surface area contributed by atoms with Crippen LogP contribution < -0.4 is 0 Å². The van der Waals surface area contributed by atoms with Crippen LogP contribution in [0.25, 0.3) is 0 Å². The van der Waals surface area contributed by atoms with Crippen LogP contribution in [-0.4, -0.2) is 22.8 Å². The molecule has 0 fully saturated rings. The fourth-order valence-electron chi connectivity index (χ4n) is 2.32. The minimum atomic E-state index is -0.716. The summed E-state index contributed by atoms with van der Waals surface area (Å²) >= 11 is 0. The lowest BCUT2D eigenvalue weighted by atomic mass is 10.0. The Hall–Kier alpha value is -1.87. The zero-order chi connectivity index (χ0) is 20.2. The highest BCUT2D eigenvalue weighted by atomic mass is 16.4. The van der Waals surface area contributed by atoms with Crippen LogP contribution in [0.3, 0.4) is 0 Å². The highest BCUT2D eigenvalue weighted by Crippen LogP contribution is 2.08. The van der Waals surface area contributed by atoms with Gasteiger partial charge in [-0.05, 0) is 38.0 Å². The topological polar surface area (TPSA) is 57.5 Å². The molecule has 0 aromatic carbocycles. The summed E-state index contributed by atoms with van der Waals surface area (Å²) < 4.78 is 0. The predicted octanol–water partition coefficient (Wildman–Crippen LogP) is 6.24. The SMILES string of the molecule is CCC(C)/C=C/C=C\C/C=C\C=C/C(CO)C/C=C\CCCCCC(=O)O. The monoisotopic (exact) mass is 374 g/mol. The maximum absolute atomic E-state index is 10.4. The number of aliphatic carboxylic acids is 1. The Labute approximate surface area is 165 Å². The van der Waals surface area contributed by atoms with Crippen molar-refractivity contribution in [1.29, 1.82) is 0 Å². The van der Waals surface area contributed by atoms with Gasteiger partial charge in [0.2, 0.25) is 0 Å². The molecule has 0 spiro atoms. The van der Waals surface area contributed by atoms with Gasteiger partial charge in [-0.3, -0.25) is 4.79 Å². The van der Waals surface area contributed by atoms with Crippen molar-refractivity contribution >= 4 is 5.97 Å². The molecule has 152 valence electrons. The maximum atomic E-state index is 10.4. The van der Waals surface area contributed by atoms with Crippen LogP contribution in [-0.2, 0) is 4.79 Å². The molecular formula is C24H38O3. The van der Waals surface area contributed by atoms with Gasteiger partial charge in [-0.2, -0.15) is 0 Å². The number of carbonyl (C=O) groups is 1. The summed E-state index contributed by atoms with van der Waals surface area (Å²) in [5, 5.41) is 18.0. The van der Waals surface area contributed by atoms with E-state index < -0.39 is 5.97 Å².